The summed E-state index contributed by atoms with van der Waals surface area (Å²) in [4.78, 5) is 2.47. The molecule has 136 valence electrons. The number of ether oxygens (including phenoxy) is 2. The number of hydrogen-bond acceptors (Lipinski definition) is 3. The standard InChI is InChI=1S/C22H31NO2/c1-4-23(5-2)17-7-6-8-18-25-22-15-11-20(12-16-22)19-9-13-21(24-3)14-10-19/h9-16H,4-8,17-18H2,1-3H3. The van der Waals surface area contributed by atoms with E-state index in [9.17, 15) is 0 Å². The number of methoxy groups -OCH3 is 1. The second kappa shape index (κ2) is 10.8. The number of benzene rings is 2. The van der Waals surface area contributed by atoms with Gasteiger partial charge < -0.3 is 14.4 Å². The molecule has 0 aliphatic rings. The van der Waals surface area contributed by atoms with Crippen molar-refractivity contribution in [3.8, 4) is 22.6 Å². The summed E-state index contributed by atoms with van der Waals surface area (Å²) in [5.74, 6) is 1.82. The molecule has 2 rings (SSSR count). The van der Waals surface area contributed by atoms with Gasteiger partial charge in [0.05, 0.1) is 13.7 Å². The van der Waals surface area contributed by atoms with Gasteiger partial charge in [0.1, 0.15) is 11.5 Å². The Hall–Kier alpha value is -2.00. The summed E-state index contributed by atoms with van der Waals surface area (Å²) >= 11 is 0. The van der Waals surface area contributed by atoms with E-state index >= 15 is 0 Å². The van der Waals surface area contributed by atoms with Crippen molar-refractivity contribution in [3.63, 3.8) is 0 Å². The van der Waals surface area contributed by atoms with Gasteiger partial charge in [-0.25, -0.2) is 0 Å². The van der Waals surface area contributed by atoms with Crippen LogP contribution in [0.2, 0.25) is 0 Å². The largest absolute Gasteiger partial charge is 0.497 e. The topological polar surface area (TPSA) is 21.7 Å². The quantitative estimate of drug-likeness (QED) is 0.521. The van der Waals surface area contributed by atoms with E-state index in [0.29, 0.717) is 0 Å². The van der Waals surface area contributed by atoms with Crippen molar-refractivity contribution in [1.82, 2.24) is 4.90 Å². The maximum Gasteiger partial charge on any atom is 0.119 e. The zero-order valence-corrected chi connectivity index (χ0v) is 15.8. The molecular formula is C22H31NO2. The second-order valence-electron chi connectivity index (χ2n) is 6.19. The molecule has 3 nitrogen and oxygen atoms in total. The first-order valence-corrected chi connectivity index (χ1v) is 9.36. The molecule has 0 heterocycles. The van der Waals surface area contributed by atoms with Crippen LogP contribution in [0.25, 0.3) is 11.1 Å². The van der Waals surface area contributed by atoms with Crippen LogP contribution in [-0.4, -0.2) is 38.3 Å². The maximum atomic E-state index is 5.86. The van der Waals surface area contributed by atoms with E-state index in [0.717, 1.165) is 37.6 Å². The molecular weight excluding hydrogens is 310 g/mol. The van der Waals surface area contributed by atoms with Crippen molar-refractivity contribution in [3.05, 3.63) is 48.5 Å². The Morgan fingerprint density at radius 1 is 0.720 bits per heavy atom. The molecule has 0 spiro atoms. The molecule has 0 aliphatic heterocycles. The van der Waals surface area contributed by atoms with Crippen LogP contribution in [0.1, 0.15) is 33.1 Å². The third-order valence-corrected chi connectivity index (χ3v) is 4.56. The molecule has 25 heavy (non-hydrogen) atoms. The summed E-state index contributed by atoms with van der Waals surface area (Å²) in [5.41, 5.74) is 2.37. The van der Waals surface area contributed by atoms with Crippen LogP contribution in [0.4, 0.5) is 0 Å². The lowest BCUT2D eigenvalue weighted by Gasteiger charge is -2.17. The van der Waals surface area contributed by atoms with Crippen molar-refractivity contribution < 1.29 is 9.47 Å². The Bertz CT molecular complexity index is 588. The van der Waals surface area contributed by atoms with Crippen LogP contribution in [0.3, 0.4) is 0 Å². The van der Waals surface area contributed by atoms with Gasteiger partial charge in [0, 0.05) is 0 Å². The van der Waals surface area contributed by atoms with Gasteiger partial charge in [-0.2, -0.15) is 0 Å². The highest BCUT2D eigenvalue weighted by Crippen LogP contribution is 2.24. The normalized spacial score (nSPS) is 10.9. The lowest BCUT2D eigenvalue weighted by Crippen LogP contribution is -2.23. The summed E-state index contributed by atoms with van der Waals surface area (Å²) < 4.78 is 11.1. The van der Waals surface area contributed by atoms with Crippen LogP contribution in [-0.2, 0) is 0 Å². The molecule has 0 amide bonds. The van der Waals surface area contributed by atoms with E-state index in [1.165, 1.54) is 30.5 Å². The molecule has 3 heteroatoms. The number of nitrogens with zero attached hydrogens (tertiary/aromatic N) is 1. The zero-order chi connectivity index (χ0) is 17.9. The molecule has 0 saturated heterocycles. The van der Waals surface area contributed by atoms with E-state index in [4.69, 9.17) is 9.47 Å². The van der Waals surface area contributed by atoms with Crippen LogP contribution in [0.15, 0.2) is 48.5 Å². The molecule has 2 aromatic carbocycles. The van der Waals surface area contributed by atoms with Gasteiger partial charge in [0.25, 0.3) is 0 Å². The molecule has 0 aliphatic carbocycles. The van der Waals surface area contributed by atoms with Crippen molar-refractivity contribution in [2.75, 3.05) is 33.4 Å². The van der Waals surface area contributed by atoms with Crippen LogP contribution < -0.4 is 9.47 Å². The smallest absolute Gasteiger partial charge is 0.119 e. The molecule has 0 saturated carbocycles. The van der Waals surface area contributed by atoms with Crippen molar-refractivity contribution in [1.29, 1.82) is 0 Å². The van der Waals surface area contributed by atoms with Crippen molar-refractivity contribution in [2.45, 2.75) is 33.1 Å². The number of unbranched alkanes of at least 4 members (excludes halogenated alkanes) is 2. The van der Waals surface area contributed by atoms with Gasteiger partial charge in [0.15, 0.2) is 0 Å². The highest BCUT2D eigenvalue weighted by atomic mass is 16.5. The van der Waals surface area contributed by atoms with Crippen LogP contribution in [0.5, 0.6) is 11.5 Å². The van der Waals surface area contributed by atoms with Crippen molar-refractivity contribution in [2.24, 2.45) is 0 Å². The fraction of sp³-hybridized carbons (Fsp3) is 0.455. The fourth-order valence-electron chi connectivity index (χ4n) is 2.87. The molecule has 0 N–H and O–H groups in total. The van der Waals surface area contributed by atoms with E-state index in [1.807, 2.05) is 12.1 Å². The summed E-state index contributed by atoms with van der Waals surface area (Å²) in [6.07, 6.45) is 3.59. The summed E-state index contributed by atoms with van der Waals surface area (Å²) in [6, 6.07) is 16.4. The van der Waals surface area contributed by atoms with E-state index in [2.05, 4.69) is 55.1 Å². The minimum atomic E-state index is 0.792. The molecule has 2 aromatic rings. The minimum absolute atomic E-state index is 0.792. The average Bonchev–Trinajstić information content (AvgIpc) is 2.68. The first-order chi connectivity index (χ1) is 12.3. The lowest BCUT2D eigenvalue weighted by molar-refractivity contribution is 0.277. The fourth-order valence-corrected chi connectivity index (χ4v) is 2.87. The highest BCUT2D eigenvalue weighted by molar-refractivity contribution is 5.64. The van der Waals surface area contributed by atoms with Gasteiger partial charge in [-0.3, -0.25) is 0 Å². The Morgan fingerprint density at radius 3 is 1.80 bits per heavy atom. The van der Waals surface area contributed by atoms with Crippen LogP contribution in [0, 0.1) is 0 Å². The molecule has 0 radical (unpaired) electrons. The maximum absolute atomic E-state index is 5.86. The molecule has 0 unspecified atom stereocenters. The third kappa shape index (κ3) is 6.43. The third-order valence-electron chi connectivity index (χ3n) is 4.56. The Balaban J connectivity index is 1.71. The molecule has 0 aromatic heterocycles. The highest BCUT2D eigenvalue weighted by Gasteiger charge is 2.01. The second-order valence-corrected chi connectivity index (χ2v) is 6.19. The number of rotatable bonds is 11. The monoisotopic (exact) mass is 341 g/mol. The van der Waals surface area contributed by atoms with Gasteiger partial charge in [-0.05, 0) is 74.3 Å². The average molecular weight is 341 g/mol. The summed E-state index contributed by atoms with van der Waals surface area (Å²) in [6.45, 7) is 8.73. The Morgan fingerprint density at radius 2 is 1.28 bits per heavy atom. The summed E-state index contributed by atoms with van der Waals surface area (Å²) in [7, 11) is 1.69. The van der Waals surface area contributed by atoms with Crippen molar-refractivity contribution >= 4 is 0 Å². The van der Waals surface area contributed by atoms with E-state index < -0.39 is 0 Å². The zero-order valence-electron chi connectivity index (χ0n) is 15.8. The van der Waals surface area contributed by atoms with E-state index in [-0.39, 0.29) is 0 Å². The summed E-state index contributed by atoms with van der Waals surface area (Å²) in [5, 5.41) is 0. The van der Waals surface area contributed by atoms with Gasteiger partial charge in [-0.15, -0.1) is 0 Å². The molecule has 0 atom stereocenters. The van der Waals surface area contributed by atoms with Crippen LogP contribution >= 0.6 is 0 Å². The van der Waals surface area contributed by atoms with E-state index in [1.54, 1.807) is 7.11 Å². The minimum Gasteiger partial charge on any atom is -0.497 e. The SMILES string of the molecule is CCN(CC)CCCCCOc1ccc(-c2ccc(OC)cc2)cc1. The predicted molar refractivity (Wildman–Crippen MR) is 106 cm³/mol. The Labute approximate surface area is 152 Å². The van der Waals surface area contributed by atoms with Gasteiger partial charge in [0.2, 0.25) is 0 Å². The first-order valence-electron chi connectivity index (χ1n) is 9.36. The Kier molecular flexibility index (Phi) is 8.33. The molecule has 0 bridgehead atoms. The van der Waals surface area contributed by atoms with Gasteiger partial charge in [-0.1, -0.05) is 38.1 Å². The lowest BCUT2D eigenvalue weighted by atomic mass is 10.1. The molecule has 0 fully saturated rings. The van der Waals surface area contributed by atoms with Gasteiger partial charge >= 0.3 is 0 Å². The first kappa shape index (κ1) is 19.3. The number of hydrogen-bond donors (Lipinski definition) is 0. The predicted octanol–water partition coefficient (Wildman–Crippen LogP) is 5.25.